The Morgan fingerprint density at radius 3 is 2.29 bits per heavy atom. The number of nitrogens with zero attached hydrogens (tertiary/aromatic N) is 2. The second kappa shape index (κ2) is 10.1. The monoisotopic (exact) mass is 417 g/mol. The molecule has 1 unspecified atom stereocenters. The molecule has 1 atom stereocenters. The highest BCUT2D eigenvalue weighted by atomic mass is 35.5. The molecular formula is C23H29Cl2N3. The fraction of sp³-hybridized carbons (Fsp3) is 0.348. The molecule has 1 N–H and O–H groups in total. The Kier molecular flexibility index (Phi) is 8.11. The molecular weight excluding hydrogens is 389 g/mol. The zero-order chi connectivity index (χ0) is 20.7. The predicted octanol–water partition coefficient (Wildman–Crippen LogP) is 6.12. The average molecular weight is 418 g/mol. The van der Waals surface area contributed by atoms with Crippen molar-refractivity contribution in [3.05, 3.63) is 82.0 Å². The summed E-state index contributed by atoms with van der Waals surface area (Å²) in [6.45, 7) is 8.09. The minimum Gasteiger partial charge on any atom is -0.304 e. The van der Waals surface area contributed by atoms with Crippen molar-refractivity contribution in [3.8, 4) is 0 Å². The molecule has 0 radical (unpaired) electrons. The minimum absolute atomic E-state index is 0.0263. The fourth-order valence-electron chi connectivity index (χ4n) is 2.98. The van der Waals surface area contributed by atoms with Crippen molar-refractivity contribution in [2.75, 3.05) is 14.1 Å². The van der Waals surface area contributed by atoms with Gasteiger partial charge in [-0.2, -0.15) is 5.10 Å². The maximum absolute atomic E-state index is 6.32. The van der Waals surface area contributed by atoms with Gasteiger partial charge in [0.05, 0.1) is 10.0 Å². The summed E-state index contributed by atoms with van der Waals surface area (Å²) in [7, 11) is 4.23. The summed E-state index contributed by atoms with van der Waals surface area (Å²) in [5.74, 6) is 0.220. The van der Waals surface area contributed by atoms with Gasteiger partial charge in [-0.05, 0) is 63.2 Å². The summed E-state index contributed by atoms with van der Waals surface area (Å²) in [6, 6.07) is 14.7. The smallest absolute Gasteiger partial charge is 0.0595 e. The van der Waals surface area contributed by atoms with E-state index in [1.807, 2.05) is 18.3 Å². The van der Waals surface area contributed by atoms with Gasteiger partial charge in [0.15, 0.2) is 0 Å². The van der Waals surface area contributed by atoms with E-state index in [9.17, 15) is 0 Å². The largest absolute Gasteiger partial charge is 0.304 e. The molecule has 0 heterocycles. The highest BCUT2D eigenvalue weighted by molar-refractivity contribution is 6.42. The first-order valence-corrected chi connectivity index (χ1v) is 10.1. The number of benzene rings is 2. The van der Waals surface area contributed by atoms with Crippen LogP contribution in [0.1, 0.15) is 42.9 Å². The van der Waals surface area contributed by atoms with E-state index in [0.29, 0.717) is 10.0 Å². The van der Waals surface area contributed by atoms with Gasteiger partial charge in [0.25, 0.3) is 0 Å². The van der Waals surface area contributed by atoms with E-state index in [0.717, 1.165) is 12.8 Å². The quantitative estimate of drug-likeness (QED) is 0.393. The number of nitrogens with one attached hydrogen (secondary N) is 1. The van der Waals surface area contributed by atoms with Crippen molar-refractivity contribution in [3.63, 3.8) is 0 Å². The van der Waals surface area contributed by atoms with Gasteiger partial charge < -0.3 is 4.90 Å². The molecule has 5 heteroatoms. The van der Waals surface area contributed by atoms with Crippen LogP contribution in [-0.4, -0.2) is 30.7 Å². The average Bonchev–Trinajstić information content (AvgIpc) is 2.66. The third-order valence-corrected chi connectivity index (χ3v) is 5.97. The number of halogens is 2. The van der Waals surface area contributed by atoms with E-state index in [1.54, 1.807) is 6.20 Å². The van der Waals surface area contributed by atoms with Crippen LogP contribution >= 0.6 is 23.2 Å². The Hall–Kier alpha value is -1.81. The predicted molar refractivity (Wildman–Crippen MR) is 123 cm³/mol. The minimum atomic E-state index is 0.0263. The summed E-state index contributed by atoms with van der Waals surface area (Å²) in [6.07, 6.45) is 5.11. The summed E-state index contributed by atoms with van der Waals surface area (Å²) in [5.41, 5.74) is 6.39. The van der Waals surface area contributed by atoms with Crippen LogP contribution in [0.15, 0.2) is 60.3 Å². The van der Waals surface area contributed by atoms with E-state index in [4.69, 9.17) is 23.2 Å². The van der Waals surface area contributed by atoms with E-state index in [2.05, 4.69) is 80.3 Å². The molecule has 3 nitrogen and oxygen atoms in total. The van der Waals surface area contributed by atoms with Gasteiger partial charge in [-0.25, -0.2) is 0 Å². The van der Waals surface area contributed by atoms with Gasteiger partial charge in [-0.1, -0.05) is 60.1 Å². The first-order valence-electron chi connectivity index (χ1n) is 9.34. The van der Waals surface area contributed by atoms with Gasteiger partial charge in [0.2, 0.25) is 0 Å². The van der Waals surface area contributed by atoms with Gasteiger partial charge in [0.1, 0.15) is 0 Å². The molecule has 28 heavy (non-hydrogen) atoms. The first kappa shape index (κ1) is 22.5. The normalized spacial score (nSPS) is 13.1. The maximum atomic E-state index is 6.32. The van der Waals surface area contributed by atoms with Crippen LogP contribution in [0.3, 0.4) is 0 Å². The first-order chi connectivity index (χ1) is 13.2. The number of hydrazone groups is 1. The second-order valence-electron chi connectivity index (χ2n) is 7.73. The molecule has 0 aromatic heterocycles. The molecule has 0 amide bonds. The molecule has 0 bridgehead atoms. The zero-order valence-electron chi connectivity index (χ0n) is 17.0. The van der Waals surface area contributed by atoms with Gasteiger partial charge >= 0.3 is 0 Å². The lowest BCUT2D eigenvalue weighted by atomic mass is 9.80. The van der Waals surface area contributed by atoms with Crippen molar-refractivity contribution in [1.29, 1.82) is 0 Å². The molecule has 2 aromatic carbocycles. The lowest BCUT2D eigenvalue weighted by Crippen LogP contribution is -2.39. The van der Waals surface area contributed by atoms with Gasteiger partial charge in [0, 0.05) is 30.3 Å². The van der Waals surface area contributed by atoms with Crippen LogP contribution in [0.2, 0.25) is 10.0 Å². The van der Waals surface area contributed by atoms with Crippen LogP contribution in [0.5, 0.6) is 0 Å². The Balaban J connectivity index is 2.32. The van der Waals surface area contributed by atoms with Crippen LogP contribution in [0, 0.1) is 0 Å². The summed E-state index contributed by atoms with van der Waals surface area (Å²) >= 11 is 12.5. The SMILES string of the molecule is C=CN/N=C\Cc1ccc(C(CC(C)(C)N(C)C)c2ccc(Cl)c(Cl)c2)cc1. The topological polar surface area (TPSA) is 27.6 Å². The van der Waals surface area contributed by atoms with Crippen LogP contribution in [0.4, 0.5) is 0 Å². The number of hydrogen-bond donors (Lipinski definition) is 1. The lowest BCUT2D eigenvalue weighted by molar-refractivity contribution is 0.176. The van der Waals surface area contributed by atoms with Crippen molar-refractivity contribution in [2.24, 2.45) is 5.10 Å². The van der Waals surface area contributed by atoms with E-state index >= 15 is 0 Å². The van der Waals surface area contributed by atoms with E-state index in [1.165, 1.54) is 16.7 Å². The molecule has 0 saturated carbocycles. The van der Waals surface area contributed by atoms with E-state index in [-0.39, 0.29) is 11.5 Å². The van der Waals surface area contributed by atoms with Crippen LogP contribution in [0.25, 0.3) is 0 Å². The molecule has 0 saturated heterocycles. The molecule has 0 aliphatic heterocycles. The summed E-state index contributed by atoms with van der Waals surface area (Å²) < 4.78 is 0. The molecule has 0 aliphatic carbocycles. The molecule has 0 spiro atoms. The van der Waals surface area contributed by atoms with Gasteiger partial charge in [-0.3, -0.25) is 5.43 Å². The number of rotatable bonds is 9. The maximum Gasteiger partial charge on any atom is 0.0595 e. The third-order valence-electron chi connectivity index (χ3n) is 5.23. The van der Waals surface area contributed by atoms with Crippen molar-refractivity contribution in [1.82, 2.24) is 10.3 Å². The molecule has 2 rings (SSSR count). The van der Waals surface area contributed by atoms with Crippen LogP contribution in [-0.2, 0) is 6.42 Å². The standard InChI is InChI=1S/C23H29Cl2N3/c1-6-26-27-14-13-17-7-9-18(10-8-17)20(16-23(2,3)28(4)5)19-11-12-21(24)22(25)15-19/h6-12,14-15,20,26H,1,13,16H2,2-5H3/b27-14-. The Morgan fingerprint density at radius 2 is 1.71 bits per heavy atom. The molecule has 150 valence electrons. The van der Waals surface area contributed by atoms with E-state index < -0.39 is 0 Å². The Morgan fingerprint density at radius 1 is 1.07 bits per heavy atom. The highest BCUT2D eigenvalue weighted by Gasteiger charge is 2.27. The molecule has 0 aliphatic rings. The zero-order valence-corrected chi connectivity index (χ0v) is 18.6. The van der Waals surface area contributed by atoms with Crippen molar-refractivity contribution < 1.29 is 0 Å². The summed E-state index contributed by atoms with van der Waals surface area (Å²) in [5, 5.41) is 5.22. The van der Waals surface area contributed by atoms with Gasteiger partial charge in [-0.15, -0.1) is 0 Å². The molecule has 0 fully saturated rings. The molecule has 2 aromatic rings. The Labute approximate surface area is 179 Å². The summed E-state index contributed by atoms with van der Waals surface area (Å²) in [4.78, 5) is 2.26. The number of hydrogen-bond acceptors (Lipinski definition) is 3. The van der Waals surface area contributed by atoms with Crippen molar-refractivity contribution in [2.45, 2.75) is 38.1 Å². The highest BCUT2D eigenvalue weighted by Crippen LogP contribution is 2.37. The third kappa shape index (κ3) is 6.10. The van der Waals surface area contributed by atoms with Crippen molar-refractivity contribution >= 4 is 29.4 Å². The Bertz CT molecular complexity index is 811. The lowest BCUT2D eigenvalue weighted by Gasteiger charge is -2.36. The fourth-order valence-corrected chi connectivity index (χ4v) is 3.29. The van der Waals surface area contributed by atoms with Crippen LogP contribution < -0.4 is 5.43 Å². The second-order valence-corrected chi connectivity index (χ2v) is 8.54.